The molecule has 1 heterocycles. The Labute approximate surface area is 161 Å². The molecule has 9 nitrogen and oxygen atoms in total. The van der Waals surface area contributed by atoms with Gasteiger partial charge in [0.15, 0.2) is 0 Å². The van der Waals surface area contributed by atoms with Crippen LogP contribution in [0.2, 0.25) is 0 Å². The molecule has 1 aliphatic heterocycles. The van der Waals surface area contributed by atoms with Crippen LogP contribution in [0.25, 0.3) is 0 Å². The highest BCUT2D eigenvalue weighted by Gasteiger charge is 2.26. The Hall–Kier alpha value is -2.16. The molecule has 0 aromatic rings. The van der Waals surface area contributed by atoms with E-state index >= 15 is 0 Å². The van der Waals surface area contributed by atoms with Crippen molar-refractivity contribution in [2.24, 2.45) is 5.73 Å². The lowest BCUT2D eigenvalue weighted by Crippen LogP contribution is -2.51. The van der Waals surface area contributed by atoms with E-state index in [0.717, 1.165) is 32.1 Å². The first-order chi connectivity index (χ1) is 12.8. The second kappa shape index (κ2) is 11.5. The molecule has 1 unspecified atom stereocenters. The van der Waals surface area contributed by atoms with E-state index in [2.05, 4.69) is 5.32 Å². The van der Waals surface area contributed by atoms with Crippen molar-refractivity contribution in [1.29, 1.82) is 0 Å². The third kappa shape index (κ3) is 7.54. The topological polar surface area (TPSA) is 116 Å². The van der Waals surface area contributed by atoms with Crippen molar-refractivity contribution in [3.05, 3.63) is 0 Å². The summed E-state index contributed by atoms with van der Waals surface area (Å²) in [7, 11) is 4.82. The maximum atomic E-state index is 12.5. The predicted octanol–water partition coefficient (Wildman–Crippen LogP) is -0.841. The zero-order chi connectivity index (χ0) is 20.4. The fourth-order valence-electron chi connectivity index (χ4n) is 2.99. The fourth-order valence-corrected chi connectivity index (χ4v) is 2.99. The number of likely N-dealkylation sites (N-methyl/N-ethyl adjacent to an activating group) is 3. The molecule has 1 fully saturated rings. The molecule has 0 spiro atoms. The monoisotopic (exact) mass is 383 g/mol. The van der Waals surface area contributed by atoms with E-state index in [9.17, 15) is 19.2 Å². The molecule has 0 aromatic carbocycles. The Morgan fingerprint density at radius 1 is 1.07 bits per heavy atom. The highest BCUT2D eigenvalue weighted by molar-refractivity contribution is 5.91. The standard InChI is InChI=1S/C18H33N5O4/c1-21-10-8-6-4-5-7-9-14(23(3)15(24)11-19)18(27)20-12-16(25)22(2)13-17(21)26/h14H,4-13,19H2,1-3H3,(H,20,27). The molecule has 1 rings (SSSR count). The molecule has 0 aliphatic carbocycles. The average molecular weight is 383 g/mol. The second-order valence-corrected chi connectivity index (χ2v) is 7.06. The van der Waals surface area contributed by atoms with Crippen LogP contribution in [-0.2, 0) is 19.2 Å². The van der Waals surface area contributed by atoms with Crippen molar-refractivity contribution < 1.29 is 19.2 Å². The second-order valence-electron chi connectivity index (χ2n) is 7.06. The van der Waals surface area contributed by atoms with Gasteiger partial charge in [0.25, 0.3) is 0 Å². The molecule has 1 atom stereocenters. The van der Waals surface area contributed by atoms with Gasteiger partial charge < -0.3 is 25.8 Å². The van der Waals surface area contributed by atoms with Gasteiger partial charge in [-0.05, 0) is 12.8 Å². The summed E-state index contributed by atoms with van der Waals surface area (Å²) in [5.74, 6) is -1.18. The summed E-state index contributed by atoms with van der Waals surface area (Å²) < 4.78 is 0. The third-order valence-electron chi connectivity index (χ3n) is 4.95. The lowest BCUT2D eigenvalue weighted by molar-refractivity contribution is -0.141. The van der Waals surface area contributed by atoms with Crippen molar-refractivity contribution in [2.45, 2.75) is 44.6 Å². The Morgan fingerprint density at radius 3 is 2.37 bits per heavy atom. The largest absolute Gasteiger partial charge is 0.345 e. The van der Waals surface area contributed by atoms with Gasteiger partial charge in [-0.1, -0.05) is 25.7 Å². The molecule has 1 saturated heterocycles. The van der Waals surface area contributed by atoms with E-state index in [-0.39, 0.29) is 43.3 Å². The minimum absolute atomic E-state index is 0.0276. The highest BCUT2D eigenvalue weighted by atomic mass is 16.2. The van der Waals surface area contributed by atoms with Crippen molar-refractivity contribution in [3.8, 4) is 0 Å². The third-order valence-corrected chi connectivity index (χ3v) is 4.95. The Bertz CT molecular complexity index is 540. The Balaban J connectivity index is 2.82. The lowest BCUT2D eigenvalue weighted by Gasteiger charge is -2.28. The van der Waals surface area contributed by atoms with Crippen molar-refractivity contribution in [2.75, 3.05) is 47.3 Å². The molecular weight excluding hydrogens is 350 g/mol. The van der Waals surface area contributed by atoms with Gasteiger partial charge in [-0.3, -0.25) is 19.2 Å². The Kier molecular flexibility index (Phi) is 9.77. The van der Waals surface area contributed by atoms with E-state index in [1.165, 1.54) is 16.8 Å². The summed E-state index contributed by atoms with van der Waals surface area (Å²) in [5, 5.41) is 2.59. The molecule has 0 radical (unpaired) electrons. The van der Waals surface area contributed by atoms with Gasteiger partial charge in [-0.25, -0.2) is 0 Å². The van der Waals surface area contributed by atoms with Crippen LogP contribution in [-0.4, -0.2) is 91.7 Å². The Morgan fingerprint density at radius 2 is 1.70 bits per heavy atom. The minimum atomic E-state index is -0.653. The number of nitrogens with two attached hydrogens (primary N) is 1. The van der Waals surface area contributed by atoms with Gasteiger partial charge in [-0.15, -0.1) is 0 Å². The average Bonchev–Trinajstić information content (AvgIpc) is 2.65. The van der Waals surface area contributed by atoms with Crippen molar-refractivity contribution >= 4 is 23.6 Å². The van der Waals surface area contributed by atoms with E-state index in [1.807, 2.05) is 0 Å². The van der Waals surface area contributed by atoms with Gasteiger partial charge in [0, 0.05) is 27.7 Å². The molecule has 27 heavy (non-hydrogen) atoms. The first-order valence-electron chi connectivity index (χ1n) is 9.49. The highest BCUT2D eigenvalue weighted by Crippen LogP contribution is 2.12. The number of nitrogens with one attached hydrogen (secondary N) is 1. The molecule has 9 heteroatoms. The summed E-state index contributed by atoms with van der Waals surface area (Å²) in [6, 6.07) is -0.653. The van der Waals surface area contributed by atoms with Crippen LogP contribution >= 0.6 is 0 Å². The maximum absolute atomic E-state index is 12.5. The minimum Gasteiger partial charge on any atom is -0.345 e. The number of nitrogens with zero attached hydrogens (tertiary/aromatic N) is 3. The van der Waals surface area contributed by atoms with E-state index in [0.29, 0.717) is 13.0 Å². The van der Waals surface area contributed by atoms with E-state index in [4.69, 9.17) is 5.73 Å². The van der Waals surface area contributed by atoms with E-state index in [1.54, 1.807) is 19.0 Å². The van der Waals surface area contributed by atoms with Gasteiger partial charge in [0.2, 0.25) is 23.6 Å². The van der Waals surface area contributed by atoms with Gasteiger partial charge in [0.1, 0.15) is 6.04 Å². The number of amides is 4. The first kappa shape index (κ1) is 22.9. The number of rotatable bonds is 2. The summed E-state index contributed by atoms with van der Waals surface area (Å²) in [5.41, 5.74) is 5.41. The maximum Gasteiger partial charge on any atom is 0.243 e. The van der Waals surface area contributed by atoms with Gasteiger partial charge in [0.05, 0.1) is 19.6 Å². The van der Waals surface area contributed by atoms with Crippen LogP contribution < -0.4 is 11.1 Å². The van der Waals surface area contributed by atoms with Crippen LogP contribution in [0.5, 0.6) is 0 Å². The molecule has 154 valence electrons. The zero-order valence-corrected chi connectivity index (χ0v) is 16.7. The van der Waals surface area contributed by atoms with Crippen LogP contribution in [0.3, 0.4) is 0 Å². The zero-order valence-electron chi connectivity index (χ0n) is 16.7. The number of hydrogen-bond donors (Lipinski definition) is 2. The van der Waals surface area contributed by atoms with Gasteiger partial charge >= 0.3 is 0 Å². The summed E-state index contributed by atoms with van der Waals surface area (Å²) in [6.07, 6.45) is 5.15. The quantitative estimate of drug-likeness (QED) is 0.645. The molecule has 0 saturated carbocycles. The van der Waals surface area contributed by atoms with Crippen LogP contribution in [0.1, 0.15) is 38.5 Å². The van der Waals surface area contributed by atoms with Crippen molar-refractivity contribution in [3.63, 3.8) is 0 Å². The predicted molar refractivity (Wildman–Crippen MR) is 102 cm³/mol. The molecule has 3 N–H and O–H groups in total. The molecule has 4 amide bonds. The smallest absolute Gasteiger partial charge is 0.243 e. The molecule has 0 bridgehead atoms. The summed E-state index contributed by atoms with van der Waals surface area (Å²) in [4.78, 5) is 53.1. The fraction of sp³-hybridized carbons (Fsp3) is 0.778. The molecular formula is C18H33N5O4. The van der Waals surface area contributed by atoms with Crippen LogP contribution in [0, 0.1) is 0 Å². The van der Waals surface area contributed by atoms with Crippen LogP contribution in [0.15, 0.2) is 0 Å². The first-order valence-corrected chi connectivity index (χ1v) is 9.49. The summed E-state index contributed by atoms with van der Waals surface area (Å²) >= 11 is 0. The van der Waals surface area contributed by atoms with Gasteiger partial charge in [-0.2, -0.15) is 0 Å². The molecule has 0 aromatic heterocycles. The number of carbonyl (C=O) groups excluding carboxylic acids is 4. The lowest BCUT2D eigenvalue weighted by atomic mass is 10.0. The SMILES string of the molecule is CN1CCCCCCCC(N(C)C(=O)CN)C(=O)NCC(=O)N(C)CC1=O. The normalized spacial score (nSPS) is 21.8. The summed E-state index contributed by atoms with van der Waals surface area (Å²) in [6.45, 7) is 0.249. The number of carbonyl (C=O) groups is 4. The van der Waals surface area contributed by atoms with Crippen LogP contribution in [0.4, 0.5) is 0 Å². The van der Waals surface area contributed by atoms with Crippen molar-refractivity contribution in [1.82, 2.24) is 20.0 Å². The van der Waals surface area contributed by atoms with E-state index < -0.39 is 6.04 Å². The molecule has 1 aliphatic rings. The number of hydrogen-bond acceptors (Lipinski definition) is 5.